The molecule has 1 aromatic rings. The van der Waals surface area contributed by atoms with E-state index in [1.807, 2.05) is 26.0 Å². The van der Waals surface area contributed by atoms with Crippen molar-refractivity contribution in [1.29, 1.82) is 0 Å². The van der Waals surface area contributed by atoms with Crippen LogP contribution in [0.5, 0.6) is 0 Å². The molecule has 0 aromatic carbocycles. The van der Waals surface area contributed by atoms with Crippen molar-refractivity contribution < 1.29 is 9.90 Å². The van der Waals surface area contributed by atoms with Gasteiger partial charge in [0.2, 0.25) is 0 Å². The highest BCUT2D eigenvalue weighted by Gasteiger charge is 1.91. The highest BCUT2D eigenvalue weighted by molar-refractivity contribution is 5.33. The molecule has 0 saturated heterocycles. The minimum absolute atomic E-state index is 0.250. The Morgan fingerprint density at radius 1 is 1.50 bits per heavy atom. The number of pyridine rings is 1. The second kappa shape index (κ2) is 5.12. The highest BCUT2D eigenvalue weighted by atomic mass is 16.3. The number of nitrogens with two attached hydrogens (primary N) is 1. The first kappa shape index (κ1) is 10.4. The normalized spacial score (nSPS) is 8.17. The maximum Gasteiger partial charge on any atom is 0.290 e. The largest absolute Gasteiger partial charge is 0.483 e. The number of carboxylic acid groups (broad SMARTS) is 1. The van der Waals surface area contributed by atoms with Gasteiger partial charge in [-0.15, -0.1) is 0 Å². The molecule has 0 aliphatic heterocycles. The van der Waals surface area contributed by atoms with Crippen LogP contribution >= 0.6 is 0 Å². The van der Waals surface area contributed by atoms with E-state index in [-0.39, 0.29) is 6.47 Å². The summed E-state index contributed by atoms with van der Waals surface area (Å²) in [5, 5.41) is 6.89. The lowest BCUT2D eigenvalue weighted by Crippen LogP contribution is -1.92. The molecule has 0 saturated carbocycles. The van der Waals surface area contributed by atoms with Crippen LogP contribution in [0.25, 0.3) is 0 Å². The van der Waals surface area contributed by atoms with Crippen LogP contribution in [0.3, 0.4) is 0 Å². The SMILES string of the molecule is Cc1ccc(N)nc1C.O=CO. The van der Waals surface area contributed by atoms with Crippen LogP contribution in [0.15, 0.2) is 12.1 Å². The first-order valence-electron chi connectivity index (χ1n) is 3.39. The summed E-state index contributed by atoms with van der Waals surface area (Å²) < 4.78 is 0. The maximum atomic E-state index is 8.36. The van der Waals surface area contributed by atoms with Crippen LogP contribution in [0.4, 0.5) is 5.82 Å². The van der Waals surface area contributed by atoms with Crippen molar-refractivity contribution in [2.45, 2.75) is 13.8 Å². The minimum atomic E-state index is -0.250. The molecule has 0 amide bonds. The fraction of sp³-hybridized carbons (Fsp3) is 0.250. The topological polar surface area (TPSA) is 76.2 Å². The molecule has 0 fully saturated rings. The average Bonchev–Trinajstić information content (AvgIpc) is 1.99. The lowest BCUT2D eigenvalue weighted by molar-refractivity contribution is -0.122. The van der Waals surface area contributed by atoms with Crippen molar-refractivity contribution in [2.24, 2.45) is 0 Å². The fourth-order valence-electron chi connectivity index (χ4n) is 0.650. The molecular formula is C8H12N2O2. The lowest BCUT2D eigenvalue weighted by Gasteiger charge is -1.97. The summed E-state index contributed by atoms with van der Waals surface area (Å²) >= 11 is 0. The van der Waals surface area contributed by atoms with Crippen LogP contribution < -0.4 is 5.73 Å². The molecule has 0 aliphatic rings. The number of anilines is 1. The minimum Gasteiger partial charge on any atom is -0.483 e. The second-order valence-corrected chi connectivity index (χ2v) is 2.24. The average molecular weight is 168 g/mol. The number of rotatable bonds is 0. The maximum absolute atomic E-state index is 8.36. The molecule has 0 radical (unpaired) electrons. The highest BCUT2D eigenvalue weighted by Crippen LogP contribution is 2.04. The predicted octanol–water partition coefficient (Wildman–Crippen LogP) is 0.981. The van der Waals surface area contributed by atoms with Gasteiger partial charge in [-0.2, -0.15) is 0 Å². The van der Waals surface area contributed by atoms with Crippen LogP contribution in [0.2, 0.25) is 0 Å². The molecule has 1 aromatic heterocycles. The van der Waals surface area contributed by atoms with E-state index in [1.54, 1.807) is 0 Å². The summed E-state index contributed by atoms with van der Waals surface area (Å²) in [6.45, 7) is 3.72. The molecule has 66 valence electrons. The van der Waals surface area contributed by atoms with Gasteiger partial charge in [-0.3, -0.25) is 4.79 Å². The number of carbonyl (C=O) groups is 1. The number of hydrogen-bond donors (Lipinski definition) is 2. The van der Waals surface area contributed by atoms with Crippen LogP contribution in [-0.2, 0) is 4.79 Å². The van der Waals surface area contributed by atoms with E-state index in [9.17, 15) is 0 Å². The molecule has 0 spiro atoms. The van der Waals surface area contributed by atoms with Gasteiger partial charge in [0.25, 0.3) is 6.47 Å². The van der Waals surface area contributed by atoms with Crippen molar-refractivity contribution in [3.8, 4) is 0 Å². The van der Waals surface area contributed by atoms with Gasteiger partial charge in [-0.05, 0) is 25.5 Å². The Bertz CT molecular complexity index is 261. The Labute approximate surface area is 71.0 Å². The zero-order valence-electron chi connectivity index (χ0n) is 7.11. The van der Waals surface area contributed by atoms with Crippen LogP contribution in [0.1, 0.15) is 11.3 Å². The quantitative estimate of drug-likeness (QED) is 0.566. The van der Waals surface area contributed by atoms with E-state index >= 15 is 0 Å². The zero-order valence-corrected chi connectivity index (χ0v) is 7.11. The van der Waals surface area contributed by atoms with Gasteiger partial charge in [0.1, 0.15) is 5.82 Å². The molecule has 4 heteroatoms. The molecule has 3 N–H and O–H groups in total. The molecule has 0 unspecified atom stereocenters. The zero-order chi connectivity index (χ0) is 9.56. The van der Waals surface area contributed by atoms with E-state index in [2.05, 4.69) is 4.98 Å². The smallest absolute Gasteiger partial charge is 0.290 e. The van der Waals surface area contributed by atoms with Gasteiger partial charge in [0.15, 0.2) is 0 Å². The summed E-state index contributed by atoms with van der Waals surface area (Å²) in [7, 11) is 0. The Hall–Kier alpha value is -1.58. The third kappa shape index (κ3) is 3.55. The van der Waals surface area contributed by atoms with E-state index < -0.39 is 0 Å². The van der Waals surface area contributed by atoms with Crippen molar-refractivity contribution in [2.75, 3.05) is 5.73 Å². The third-order valence-electron chi connectivity index (χ3n) is 1.37. The van der Waals surface area contributed by atoms with Gasteiger partial charge in [0.05, 0.1) is 0 Å². The number of nitrogens with zero attached hydrogens (tertiary/aromatic N) is 1. The summed E-state index contributed by atoms with van der Waals surface area (Å²) in [4.78, 5) is 12.4. The van der Waals surface area contributed by atoms with Gasteiger partial charge in [0, 0.05) is 5.69 Å². The number of hydrogen-bond acceptors (Lipinski definition) is 3. The Kier molecular flexibility index (Phi) is 4.45. The molecule has 1 heterocycles. The number of aromatic nitrogens is 1. The molecule has 4 nitrogen and oxygen atoms in total. The van der Waals surface area contributed by atoms with E-state index in [1.165, 1.54) is 5.56 Å². The van der Waals surface area contributed by atoms with Crippen molar-refractivity contribution in [1.82, 2.24) is 4.98 Å². The molecule has 1 rings (SSSR count). The van der Waals surface area contributed by atoms with Crippen molar-refractivity contribution >= 4 is 12.3 Å². The summed E-state index contributed by atoms with van der Waals surface area (Å²) in [5.41, 5.74) is 7.61. The third-order valence-corrected chi connectivity index (χ3v) is 1.37. The van der Waals surface area contributed by atoms with E-state index in [0.717, 1.165) is 5.69 Å². The molecule has 12 heavy (non-hydrogen) atoms. The Morgan fingerprint density at radius 3 is 2.33 bits per heavy atom. The second-order valence-electron chi connectivity index (χ2n) is 2.24. The van der Waals surface area contributed by atoms with Crippen LogP contribution in [-0.4, -0.2) is 16.6 Å². The predicted molar refractivity (Wildman–Crippen MR) is 46.8 cm³/mol. The van der Waals surface area contributed by atoms with Crippen molar-refractivity contribution in [3.63, 3.8) is 0 Å². The van der Waals surface area contributed by atoms with Gasteiger partial charge in [-0.1, -0.05) is 6.07 Å². The fourth-order valence-corrected chi connectivity index (χ4v) is 0.650. The van der Waals surface area contributed by atoms with Gasteiger partial charge >= 0.3 is 0 Å². The molecule has 0 bridgehead atoms. The first-order valence-corrected chi connectivity index (χ1v) is 3.39. The summed E-state index contributed by atoms with van der Waals surface area (Å²) in [6, 6.07) is 3.78. The first-order chi connectivity index (χ1) is 5.61. The molecule has 0 aliphatic carbocycles. The van der Waals surface area contributed by atoms with Gasteiger partial charge in [-0.25, -0.2) is 4.98 Å². The molecular weight excluding hydrogens is 156 g/mol. The lowest BCUT2D eigenvalue weighted by atomic mass is 10.2. The van der Waals surface area contributed by atoms with E-state index in [0.29, 0.717) is 5.82 Å². The van der Waals surface area contributed by atoms with Crippen molar-refractivity contribution in [3.05, 3.63) is 23.4 Å². The number of aryl methyl sites for hydroxylation is 2. The summed E-state index contributed by atoms with van der Waals surface area (Å²) in [6.07, 6.45) is 0. The van der Waals surface area contributed by atoms with Gasteiger partial charge < -0.3 is 10.8 Å². The molecule has 0 atom stereocenters. The summed E-state index contributed by atoms with van der Waals surface area (Å²) in [5.74, 6) is 0.595. The standard InChI is InChI=1S/C7H10N2.CH2O2/c1-5-3-4-7(8)9-6(5)2;2-1-3/h3-4H,1-2H3,(H2,8,9);1H,(H,2,3). The number of nitrogen functional groups attached to an aromatic ring is 1. The Morgan fingerprint density at radius 2 is 2.00 bits per heavy atom. The van der Waals surface area contributed by atoms with E-state index in [4.69, 9.17) is 15.6 Å². The monoisotopic (exact) mass is 168 g/mol. The Balaban J connectivity index is 0.000000354. The van der Waals surface area contributed by atoms with Crippen LogP contribution in [0, 0.1) is 13.8 Å².